The van der Waals surface area contributed by atoms with Crippen LogP contribution in [0.1, 0.15) is 5.56 Å². The van der Waals surface area contributed by atoms with Gasteiger partial charge in [-0.05, 0) is 29.8 Å². The van der Waals surface area contributed by atoms with Crippen molar-refractivity contribution in [3.63, 3.8) is 0 Å². The van der Waals surface area contributed by atoms with Crippen molar-refractivity contribution in [1.29, 1.82) is 0 Å². The number of hydrogen-bond acceptors (Lipinski definition) is 5. The van der Waals surface area contributed by atoms with E-state index in [4.69, 9.17) is 9.47 Å². The lowest BCUT2D eigenvalue weighted by Gasteiger charge is -2.21. The van der Waals surface area contributed by atoms with Crippen LogP contribution in [0, 0.1) is 0 Å². The third kappa shape index (κ3) is 4.76. The predicted molar refractivity (Wildman–Crippen MR) is 95.0 cm³/mol. The molecule has 3 rings (SSSR count). The van der Waals surface area contributed by atoms with Gasteiger partial charge in [-0.1, -0.05) is 12.1 Å². The molecule has 2 aromatic rings. The number of pyridine rings is 1. The lowest BCUT2D eigenvalue weighted by atomic mass is 10.2. The maximum Gasteiger partial charge on any atom is 0.317 e. The molecule has 25 heavy (non-hydrogen) atoms. The highest BCUT2D eigenvalue weighted by molar-refractivity contribution is 5.73. The van der Waals surface area contributed by atoms with Crippen molar-refractivity contribution in [2.75, 3.05) is 38.7 Å². The number of aromatic nitrogens is 1. The first-order valence-corrected chi connectivity index (χ1v) is 8.25. The van der Waals surface area contributed by atoms with Gasteiger partial charge in [-0.25, -0.2) is 9.78 Å². The molecular weight excluding hydrogens is 320 g/mol. The Morgan fingerprint density at radius 2 is 2.00 bits per heavy atom. The summed E-state index contributed by atoms with van der Waals surface area (Å²) in [5.41, 5.74) is 0.994. The van der Waals surface area contributed by atoms with Gasteiger partial charge >= 0.3 is 6.03 Å². The summed E-state index contributed by atoms with van der Waals surface area (Å²) in [6.45, 7) is 2.74. The molecule has 0 saturated heterocycles. The first-order valence-electron chi connectivity index (χ1n) is 8.25. The number of hydrogen-bond donors (Lipinski definition) is 2. The van der Waals surface area contributed by atoms with Crippen LogP contribution in [-0.2, 0) is 6.54 Å². The molecule has 0 bridgehead atoms. The average Bonchev–Trinajstić information content (AvgIpc) is 2.65. The number of amides is 2. The fraction of sp³-hybridized carbons (Fsp3) is 0.333. The van der Waals surface area contributed by atoms with Crippen LogP contribution in [0.4, 0.5) is 10.6 Å². The molecule has 1 aromatic carbocycles. The monoisotopic (exact) mass is 342 g/mol. The van der Waals surface area contributed by atoms with E-state index in [-0.39, 0.29) is 6.03 Å². The Balaban J connectivity index is 1.43. The highest BCUT2D eigenvalue weighted by atomic mass is 16.6. The maximum absolute atomic E-state index is 12.2. The van der Waals surface area contributed by atoms with E-state index < -0.39 is 0 Å². The second-order valence-electron chi connectivity index (χ2n) is 5.71. The molecule has 0 fully saturated rings. The molecule has 7 heteroatoms. The molecule has 1 aliphatic heterocycles. The van der Waals surface area contributed by atoms with E-state index in [1.807, 2.05) is 36.4 Å². The van der Waals surface area contributed by atoms with Crippen LogP contribution in [-0.4, -0.2) is 49.3 Å². The molecule has 0 unspecified atom stereocenters. The van der Waals surface area contributed by atoms with Crippen LogP contribution >= 0.6 is 0 Å². The molecule has 0 radical (unpaired) electrons. The zero-order valence-corrected chi connectivity index (χ0v) is 14.2. The quantitative estimate of drug-likeness (QED) is 0.787. The second-order valence-corrected chi connectivity index (χ2v) is 5.71. The minimum Gasteiger partial charge on any atom is -0.486 e. The van der Waals surface area contributed by atoms with E-state index in [1.165, 1.54) is 0 Å². The zero-order chi connectivity index (χ0) is 17.5. The van der Waals surface area contributed by atoms with Gasteiger partial charge in [0.05, 0.1) is 0 Å². The summed E-state index contributed by atoms with van der Waals surface area (Å²) in [5.74, 6) is 2.28. The Labute approximate surface area is 147 Å². The number of ether oxygens (including phenoxy) is 2. The molecule has 2 heterocycles. The number of nitrogens with one attached hydrogen (secondary N) is 2. The zero-order valence-electron chi connectivity index (χ0n) is 14.2. The Morgan fingerprint density at radius 3 is 2.80 bits per heavy atom. The molecule has 132 valence electrons. The van der Waals surface area contributed by atoms with Crippen LogP contribution in [0.25, 0.3) is 0 Å². The van der Waals surface area contributed by atoms with E-state index in [0.29, 0.717) is 32.8 Å². The summed E-state index contributed by atoms with van der Waals surface area (Å²) in [6, 6.07) is 11.3. The summed E-state index contributed by atoms with van der Waals surface area (Å²) in [4.78, 5) is 18.0. The number of benzene rings is 1. The van der Waals surface area contributed by atoms with Gasteiger partial charge in [0.15, 0.2) is 11.5 Å². The first kappa shape index (κ1) is 16.9. The van der Waals surface area contributed by atoms with E-state index in [9.17, 15) is 4.79 Å². The minimum absolute atomic E-state index is 0.127. The second kappa shape index (κ2) is 8.23. The summed E-state index contributed by atoms with van der Waals surface area (Å²) in [5, 5.41) is 6.02. The molecule has 0 atom stereocenters. The van der Waals surface area contributed by atoms with Gasteiger partial charge in [-0.15, -0.1) is 0 Å². The number of anilines is 1. The number of urea groups is 1. The number of carbonyl (C=O) groups is 1. The summed E-state index contributed by atoms with van der Waals surface area (Å²) in [7, 11) is 1.76. The molecule has 0 saturated carbocycles. The molecular formula is C18H22N4O3. The Hall–Kier alpha value is -2.96. The van der Waals surface area contributed by atoms with Crippen molar-refractivity contribution in [3.8, 4) is 11.5 Å². The van der Waals surface area contributed by atoms with Gasteiger partial charge in [0.1, 0.15) is 19.0 Å². The fourth-order valence-corrected chi connectivity index (χ4v) is 2.49. The number of nitrogens with zero attached hydrogens (tertiary/aromatic N) is 2. The first-order chi connectivity index (χ1) is 12.2. The third-order valence-electron chi connectivity index (χ3n) is 3.75. The van der Waals surface area contributed by atoms with Gasteiger partial charge in [-0.2, -0.15) is 0 Å². The van der Waals surface area contributed by atoms with Crippen LogP contribution in [0.15, 0.2) is 42.6 Å². The summed E-state index contributed by atoms with van der Waals surface area (Å²) in [6.07, 6.45) is 1.72. The van der Waals surface area contributed by atoms with Crippen LogP contribution in [0.2, 0.25) is 0 Å². The predicted octanol–water partition coefficient (Wildman–Crippen LogP) is 2.11. The molecule has 1 aliphatic rings. The Bertz CT molecular complexity index is 709. The largest absolute Gasteiger partial charge is 0.486 e. The highest BCUT2D eigenvalue weighted by Crippen LogP contribution is 2.30. The van der Waals surface area contributed by atoms with Gasteiger partial charge in [0, 0.05) is 32.9 Å². The summed E-state index contributed by atoms with van der Waals surface area (Å²) >= 11 is 0. The van der Waals surface area contributed by atoms with Crippen LogP contribution < -0.4 is 20.1 Å². The van der Waals surface area contributed by atoms with Crippen LogP contribution in [0.5, 0.6) is 11.5 Å². The Kier molecular flexibility index (Phi) is 5.56. The SMILES string of the molecule is CN(Cc1ccc2c(c1)OCCO2)C(=O)NCCNc1ccccn1. The number of rotatable bonds is 6. The summed E-state index contributed by atoms with van der Waals surface area (Å²) < 4.78 is 11.1. The van der Waals surface area contributed by atoms with Crippen molar-refractivity contribution in [1.82, 2.24) is 15.2 Å². The standard InChI is InChI=1S/C18H22N4O3/c1-22(13-14-5-6-15-16(12-14)25-11-10-24-15)18(23)21-9-8-20-17-4-2-3-7-19-17/h2-7,12H,8-11,13H2,1H3,(H,19,20)(H,21,23). The number of fused-ring (bicyclic) bond motifs is 1. The third-order valence-corrected chi connectivity index (χ3v) is 3.75. The fourth-order valence-electron chi connectivity index (χ4n) is 2.49. The Morgan fingerprint density at radius 1 is 1.16 bits per heavy atom. The maximum atomic E-state index is 12.2. The van der Waals surface area contributed by atoms with E-state index in [0.717, 1.165) is 22.9 Å². The minimum atomic E-state index is -0.127. The molecule has 0 aliphatic carbocycles. The molecule has 7 nitrogen and oxygen atoms in total. The lowest BCUT2D eigenvalue weighted by molar-refractivity contribution is 0.171. The molecule has 2 N–H and O–H groups in total. The van der Waals surface area contributed by atoms with Crippen molar-refractivity contribution >= 4 is 11.8 Å². The molecule has 0 spiro atoms. The van der Waals surface area contributed by atoms with Crippen molar-refractivity contribution in [2.24, 2.45) is 0 Å². The van der Waals surface area contributed by atoms with Crippen molar-refractivity contribution < 1.29 is 14.3 Å². The van der Waals surface area contributed by atoms with E-state index in [1.54, 1.807) is 18.1 Å². The van der Waals surface area contributed by atoms with E-state index >= 15 is 0 Å². The van der Waals surface area contributed by atoms with Crippen molar-refractivity contribution in [3.05, 3.63) is 48.2 Å². The lowest BCUT2D eigenvalue weighted by Crippen LogP contribution is -2.39. The molecule has 1 aromatic heterocycles. The average molecular weight is 342 g/mol. The van der Waals surface area contributed by atoms with Gasteiger partial charge in [0.25, 0.3) is 0 Å². The number of carbonyl (C=O) groups excluding carboxylic acids is 1. The molecule has 2 amide bonds. The normalized spacial score (nSPS) is 12.4. The topological polar surface area (TPSA) is 75.7 Å². The van der Waals surface area contributed by atoms with Gasteiger partial charge in [-0.3, -0.25) is 0 Å². The smallest absolute Gasteiger partial charge is 0.317 e. The van der Waals surface area contributed by atoms with E-state index in [2.05, 4.69) is 15.6 Å². The van der Waals surface area contributed by atoms with Gasteiger partial charge in [0.2, 0.25) is 0 Å². The van der Waals surface area contributed by atoms with Crippen molar-refractivity contribution in [2.45, 2.75) is 6.54 Å². The van der Waals surface area contributed by atoms with Gasteiger partial charge < -0.3 is 25.0 Å². The van der Waals surface area contributed by atoms with Crippen LogP contribution in [0.3, 0.4) is 0 Å². The highest BCUT2D eigenvalue weighted by Gasteiger charge is 2.14.